The number of carbonyl (C=O) groups excluding carboxylic acids is 1. The molecule has 4 rings (SSSR count). The van der Waals surface area contributed by atoms with Gasteiger partial charge >= 0.3 is 0 Å². The number of halogens is 2. The number of rotatable bonds is 6. The van der Waals surface area contributed by atoms with Crippen LogP contribution in [0.5, 0.6) is 0 Å². The Morgan fingerprint density at radius 1 is 1.17 bits per heavy atom. The third kappa shape index (κ3) is 6.14. The highest BCUT2D eigenvalue weighted by Crippen LogP contribution is 2.20. The summed E-state index contributed by atoms with van der Waals surface area (Å²) in [6.45, 7) is 4.63. The lowest BCUT2D eigenvalue weighted by atomic mass is 9.97. The van der Waals surface area contributed by atoms with E-state index < -0.39 is 0 Å². The number of aromatic nitrogens is 2. The van der Waals surface area contributed by atoms with Gasteiger partial charge < -0.3 is 10.6 Å². The van der Waals surface area contributed by atoms with Crippen molar-refractivity contribution in [1.82, 2.24) is 25.5 Å². The number of amides is 1. The van der Waals surface area contributed by atoms with Gasteiger partial charge in [0.05, 0.1) is 6.04 Å². The molecule has 0 spiro atoms. The van der Waals surface area contributed by atoms with Crippen LogP contribution in [0.3, 0.4) is 0 Å². The molecule has 1 aromatic carbocycles. The van der Waals surface area contributed by atoms with Crippen LogP contribution in [0, 0.1) is 5.92 Å². The molecule has 0 saturated carbocycles. The van der Waals surface area contributed by atoms with E-state index in [0.717, 1.165) is 63.1 Å². The Morgan fingerprint density at radius 3 is 2.63 bits per heavy atom. The SMILES string of the molecule is Cl.O=C(NCC1CCCN(Cc2cnc(-c3ccc(Cl)cc3)nc2)C1)C1CCCN1. The predicted octanol–water partition coefficient (Wildman–Crippen LogP) is 3.30. The molecular formula is C22H29Cl2N5O. The second-order valence-electron chi connectivity index (χ2n) is 8.06. The fourth-order valence-corrected chi connectivity index (χ4v) is 4.31. The Labute approximate surface area is 189 Å². The quantitative estimate of drug-likeness (QED) is 0.707. The average molecular weight is 450 g/mol. The molecule has 2 aliphatic rings. The van der Waals surface area contributed by atoms with Gasteiger partial charge in [-0.2, -0.15) is 0 Å². The second kappa shape index (κ2) is 11.0. The number of piperidine rings is 1. The molecule has 162 valence electrons. The first kappa shape index (κ1) is 22.9. The number of hydrogen-bond donors (Lipinski definition) is 2. The van der Waals surface area contributed by atoms with Crippen LogP contribution in [0.4, 0.5) is 0 Å². The van der Waals surface area contributed by atoms with E-state index >= 15 is 0 Å². The van der Waals surface area contributed by atoms with E-state index in [0.29, 0.717) is 16.8 Å². The van der Waals surface area contributed by atoms with Crippen molar-refractivity contribution in [2.75, 3.05) is 26.2 Å². The molecule has 2 aromatic rings. The van der Waals surface area contributed by atoms with Gasteiger partial charge in [-0.15, -0.1) is 12.4 Å². The van der Waals surface area contributed by atoms with E-state index in [-0.39, 0.29) is 24.4 Å². The lowest BCUT2D eigenvalue weighted by Gasteiger charge is -2.32. The maximum absolute atomic E-state index is 12.2. The van der Waals surface area contributed by atoms with Crippen LogP contribution in [0.2, 0.25) is 5.02 Å². The van der Waals surface area contributed by atoms with Crippen molar-refractivity contribution in [3.05, 3.63) is 47.2 Å². The molecule has 2 fully saturated rings. The van der Waals surface area contributed by atoms with Crippen molar-refractivity contribution in [3.63, 3.8) is 0 Å². The molecule has 8 heteroatoms. The highest BCUT2D eigenvalue weighted by atomic mass is 35.5. The van der Waals surface area contributed by atoms with Gasteiger partial charge in [-0.1, -0.05) is 11.6 Å². The van der Waals surface area contributed by atoms with Gasteiger partial charge in [0.15, 0.2) is 5.82 Å². The molecule has 1 amide bonds. The van der Waals surface area contributed by atoms with E-state index in [1.165, 1.54) is 6.42 Å². The first-order valence-corrected chi connectivity index (χ1v) is 10.9. The average Bonchev–Trinajstić information content (AvgIpc) is 3.29. The normalized spacial score (nSPS) is 21.8. The number of nitrogens with one attached hydrogen (secondary N) is 2. The van der Waals surface area contributed by atoms with Gasteiger partial charge in [0.25, 0.3) is 0 Å². The van der Waals surface area contributed by atoms with Crippen LogP contribution in [0.15, 0.2) is 36.7 Å². The summed E-state index contributed by atoms with van der Waals surface area (Å²) in [6.07, 6.45) is 8.19. The topological polar surface area (TPSA) is 70.2 Å². The van der Waals surface area contributed by atoms with Gasteiger partial charge in [0, 0.05) is 48.2 Å². The molecule has 6 nitrogen and oxygen atoms in total. The molecule has 2 atom stereocenters. The minimum Gasteiger partial charge on any atom is -0.354 e. The Bertz CT molecular complexity index is 809. The summed E-state index contributed by atoms with van der Waals surface area (Å²) in [5.74, 6) is 1.37. The van der Waals surface area contributed by atoms with Crippen molar-refractivity contribution >= 4 is 29.9 Å². The highest BCUT2D eigenvalue weighted by Gasteiger charge is 2.24. The monoisotopic (exact) mass is 449 g/mol. The highest BCUT2D eigenvalue weighted by molar-refractivity contribution is 6.30. The summed E-state index contributed by atoms with van der Waals surface area (Å²) in [5, 5.41) is 7.12. The molecule has 2 aliphatic heterocycles. The van der Waals surface area contributed by atoms with Crippen LogP contribution < -0.4 is 10.6 Å². The van der Waals surface area contributed by atoms with Crippen LogP contribution >= 0.6 is 24.0 Å². The minimum absolute atomic E-state index is 0. The number of hydrogen-bond acceptors (Lipinski definition) is 5. The summed E-state index contributed by atoms with van der Waals surface area (Å²) in [7, 11) is 0. The Kier molecular flexibility index (Phi) is 8.45. The fourth-order valence-electron chi connectivity index (χ4n) is 4.18. The van der Waals surface area contributed by atoms with Crippen molar-refractivity contribution in [2.24, 2.45) is 5.92 Å². The molecule has 0 bridgehead atoms. The van der Waals surface area contributed by atoms with E-state index in [4.69, 9.17) is 11.6 Å². The molecular weight excluding hydrogens is 421 g/mol. The minimum atomic E-state index is 0. The van der Waals surface area contributed by atoms with E-state index in [9.17, 15) is 4.79 Å². The van der Waals surface area contributed by atoms with E-state index in [2.05, 4.69) is 25.5 Å². The van der Waals surface area contributed by atoms with Crippen LogP contribution in [0.1, 0.15) is 31.2 Å². The summed E-state index contributed by atoms with van der Waals surface area (Å²) in [5.41, 5.74) is 2.08. The molecule has 30 heavy (non-hydrogen) atoms. The molecule has 3 heterocycles. The molecule has 2 saturated heterocycles. The zero-order chi connectivity index (χ0) is 20.1. The number of benzene rings is 1. The first-order valence-electron chi connectivity index (χ1n) is 10.5. The Hall–Kier alpha value is -1.73. The molecule has 2 unspecified atom stereocenters. The number of likely N-dealkylation sites (tertiary alicyclic amines) is 1. The van der Waals surface area contributed by atoms with Crippen molar-refractivity contribution in [1.29, 1.82) is 0 Å². The maximum Gasteiger partial charge on any atom is 0.237 e. The van der Waals surface area contributed by atoms with Gasteiger partial charge in [0.2, 0.25) is 5.91 Å². The largest absolute Gasteiger partial charge is 0.354 e. The lowest BCUT2D eigenvalue weighted by molar-refractivity contribution is -0.123. The van der Waals surface area contributed by atoms with Gasteiger partial charge in [-0.05, 0) is 69.0 Å². The molecule has 2 N–H and O–H groups in total. The standard InChI is InChI=1S/C22H28ClN5O.ClH/c23-19-7-5-18(6-8-19)21-25-12-17(13-26-21)15-28-10-2-3-16(14-28)11-27-22(29)20-4-1-9-24-20;/h5-8,12-13,16,20,24H,1-4,9-11,14-15H2,(H,27,29);1H. The van der Waals surface area contributed by atoms with Crippen molar-refractivity contribution in [3.8, 4) is 11.4 Å². The molecule has 1 aromatic heterocycles. The zero-order valence-corrected chi connectivity index (χ0v) is 18.6. The van der Waals surface area contributed by atoms with Crippen LogP contribution in [-0.2, 0) is 11.3 Å². The summed E-state index contributed by atoms with van der Waals surface area (Å²) in [6, 6.07) is 7.57. The number of carbonyl (C=O) groups is 1. The smallest absolute Gasteiger partial charge is 0.237 e. The molecule has 0 radical (unpaired) electrons. The van der Waals surface area contributed by atoms with Gasteiger partial charge in [0.1, 0.15) is 0 Å². The molecule has 0 aliphatic carbocycles. The third-order valence-electron chi connectivity index (χ3n) is 5.76. The third-order valence-corrected chi connectivity index (χ3v) is 6.01. The van der Waals surface area contributed by atoms with Crippen LogP contribution in [0.25, 0.3) is 11.4 Å². The van der Waals surface area contributed by atoms with Gasteiger partial charge in [-0.3, -0.25) is 9.69 Å². The van der Waals surface area contributed by atoms with E-state index in [1.807, 2.05) is 36.7 Å². The maximum atomic E-state index is 12.2. The van der Waals surface area contributed by atoms with Gasteiger partial charge in [-0.25, -0.2) is 9.97 Å². The summed E-state index contributed by atoms with van der Waals surface area (Å²) >= 11 is 5.94. The summed E-state index contributed by atoms with van der Waals surface area (Å²) in [4.78, 5) is 23.7. The zero-order valence-electron chi connectivity index (χ0n) is 17.0. The Morgan fingerprint density at radius 2 is 1.93 bits per heavy atom. The Balaban J connectivity index is 0.00000256. The van der Waals surface area contributed by atoms with Crippen molar-refractivity contribution in [2.45, 2.75) is 38.3 Å². The lowest BCUT2D eigenvalue weighted by Crippen LogP contribution is -2.45. The summed E-state index contributed by atoms with van der Waals surface area (Å²) < 4.78 is 0. The second-order valence-corrected chi connectivity index (χ2v) is 8.50. The first-order chi connectivity index (χ1) is 14.2. The fraction of sp³-hybridized carbons (Fsp3) is 0.500. The van der Waals surface area contributed by atoms with Crippen molar-refractivity contribution < 1.29 is 4.79 Å². The predicted molar refractivity (Wildman–Crippen MR) is 122 cm³/mol. The number of nitrogens with zero attached hydrogens (tertiary/aromatic N) is 3. The van der Waals surface area contributed by atoms with E-state index in [1.54, 1.807) is 0 Å². The van der Waals surface area contributed by atoms with Crippen LogP contribution in [-0.4, -0.2) is 53.0 Å².